The van der Waals surface area contributed by atoms with E-state index >= 15 is 0 Å². The molecule has 0 aromatic rings. The van der Waals surface area contributed by atoms with Crippen LogP contribution in [0.3, 0.4) is 0 Å². The van der Waals surface area contributed by atoms with Crippen molar-refractivity contribution < 1.29 is 28.8 Å². The van der Waals surface area contributed by atoms with Crippen molar-refractivity contribution in [1.29, 1.82) is 0 Å². The van der Waals surface area contributed by atoms with Crippen molar-refractivity contribution in [2.24, 2.45) is 28.4 Å². The van der Waals surface area contributed by atoms with Crippen molar-refractivity contribution in [3.63, 3.8) is 0 Å². The molecule has 0 aromatic heterocycles. The third-order valence-electron chi connectivity index (χ3n) is 7.36. The molecule has 1 saturated carbocycles. The van der Waals surface area contributed by atoms with Gasteiger partial charge in [-0.25, -0.2) is 4.79 Å². The molecular weight excluding hydrogens is 516 g/mol. The summed E-state index contributed by atoms with van der Waals surface area (Å²) in [7, 11) is 0. The molecule has 12 nitrogen and oxygen atoms in total. The lowest BCUT2D eigenvalue weighted by molar-refractivity contribution is -0.144. The molecule has 12 heteroatoms. The van der Waals surface area contributed by atoms with E-state index in [1.54, 1.807) is 41.5 Å². The molecule has 2 fully saturated rings. The van der Waals surface area contributed by atoms with E-state index in [0.717, 1.165) is 6.42 Å². The predicted octanol–water partition coefficient (Wildman–Crippen LogP) is 0.603. The van der Waals surface area contributed by atoms with Crippen LogP contribution in [0.25, 0.3) is 0 Å². The summed E-state index contributed by atoms with van der Waals surface area (Å²) in [4.78, 5) is 78.7. The Morgan fingerprint density at radius 2 is 1.55 bits per heavy atom. The molecule has 6 atom stereocenters. The lowest BCUT2D eigenvalue weighted by atomic mass is 9.85. The molecule has 0 spiro atoms. The molecule has 2 rings (SSSR count). The number of amides is 6. The lowest BCUT2D eigenvalue weighted by Gasteiger charge is -2.37. The van der Waals surface area contributed by atoms with E-state index < -0.39 is 70.4 Å². The Hall–Kier alpha value is -3.44. The predicted molar refractivity (Wildman–Crippen MR) is 149 cm³/mol. The minimum atomic E-state index is -1.03. The zero-order valence-corrected chi connectivity index (χ0v) is 24.8. The highest BCUT2D eigenvalue weighted by atomic mass is 16.2. The van der Waals surface area contributed by atoms with Crippen LogP contribution in [0.5, 0.6) is 0 Å². The molecule has 0 radical (unpaired) electrons. The Kier molecular flexibility index (Phi) is 10.5. The van der Waals surface area contributed by atoms with Crippen LogP contribution in [0.1, 0.15) is 67.7 Å². The number of rotatable bonds is 12. The molecule has 1 aliphatic carbocycles. The number of carbonyl (C=O) groups excluding carboxylic acids is 6. The number of ketones is 1. The first-order valence-electron chi connectivity index (χ1n) is 13.8. The van der Waals surface area contributed by atoms with Gasteiger partial charge in [0.25, 0.3) is 5.91 Å². The second-order valence-corrected chi connectivity index (χ2v) is 12.9. The van der Waals surface area contributed by atoms with Gasteiger partial charge in [0.2, 0.25) is 23.5 Å². The van der Waals surface area contributed by atoms with E-state index in [-0.39, 0.29) is 24.8 Å². The van der Waals surface area contributed by atoms with Gasteiger partial charge in [-0.3, -0.25) is 24.0 Å². The number of piperidine rings is 1. The monoisotopic (exact) mass is 562 g/mol. The summed E-state index contributed by atoms with van der Waals surface area (Å²) in [5, 5.41) is 10.4. The average Bonchev–Trinajstić information content (AvgIpc) is 3.50. The number of hydrogen-bond donors (Lipinski definition) is 5. The quantitative estimate of drug-likeness (QED) is 0.172. The van der Waals surface area contributed by atoms with Crippen LogP contribution in [0, 0.1) is 22.7 Å². The van der Waals surface area contributed by atoms with Crippen molar-refractivity contribution in [1.82, 2.24) is 26.2 Å². The van der Waals surface area contributed by atoms with Gasteiger partial charge in [-0.2, -0.15) is 0 Å². The molecule has 2 aliphatic rings. The molecule has 40 heavy (non-hydrogen) atoms. The molecule has 6 amide bonds. The van der Waals surface area contributed by atoms with E-state index in [2.05, 4.69) is 27.8 Å². The van der Waals surface area contributed by atoms with Crippen LogP contribution in [0.4, 0.5) is 4.79 Å². The van der Waals surface area contributed by atoms with Gasteiger partial charge in [0.05, 0.1) is 6.04 Å². The number of primary amides is 1. The summed E-state index contributed by atoms with van der Waals surface area (Å²) in [6.07, 6.45) is 3.04. The van der Waals surface area contributed by atoms with Gasteiger partial charge in [0, 0.05) is 13.1 Å². The van der Waals surface area contributed by atoms with Crippen molar-refractivity contribution in [3.8, 4) is 0 Å². The minimum Gasteiger partial charge on any atom is -0.368 e. The van der Waals surface area contributed by atoms with Gasteiger partial charge in [-0.15, -0.1) is 6.58 Å². The summed E-state index contributed by atoms with van der Waals surface area (Å²) >= 11 is 0. The number of carbonyl (C=O) groups is 6. The van der Waals surface area contributed by atoms with Crippen LogP contribution in [-0.2, 0) is 24.0 Å². The van der Waals surface area contributed by atoms with Gasteiger partial charge < -0.3 is 31.9 Å². The van der Waals surface area contributed by atoms with Crippen LogP contribution in [0.2, 0.25) is 0 Å². The molecule has 0 bridgehead atoms. The number of nitrogens with zero attached hydrogens (tertiary/aromatic N) is 1. The zero-order valence-electron chi connectivity index (χ0n) is 24.8. The van der Waals surface area contributed by atoms with Crippen molar-refractivity contribution in [2.45, 2.75) is 91.9 Å². The van der Waals surface area contributed by atoms with Crippen LogP contribution < -0.4 is 27.0 Å². The Morgan fingerprint density at radius 3 is 2.05 bits per heavy atom. The highest BCUT2D eigenvalue weighted by molar-refractivity contribution is 6.38. The number of Topliss-reactive ketones (excluding diaryl/α,β-unsaturated/α-hetero) is 1. The number of urea groups is 1. The first kappa shape index (κ1) is 32.8. The number of likely N-dealkylation sites (tertiary alicyclic amines) is 1. The summed E-state index contributed by atoms with van der Waals surface area (Å²) in [6, 6.07) is -4.58. The van der Waals surface area contributed by atoms with Gasteiger partial charge >= 0.3 is 6.03 Å². The third-order valence-corrected chi connectivity index (χ3v) is 7.36. The van der Waals surface area contributed by atoms with Gasteiger partial charge in [0.1, 0.15) is 18.1 Å². The molecule has 0 aromatic carbocycles. The maximum Gasteiger partial charge on any atom is 0.316 e. The molecular formula is C28H46N6O6. The molecule has 6 N–H and O–H groups in total. The SMILES string of the molecule is C=CCNC(=O)C(=O)C(CCC)NC(=O)C1[C@H]2C[C@H]2CN1C(=O)[C@@H](NC(=O)N[C@H](C(N)=O)C(C)(C)C)C(C)(C)C. The van der Waals surface area contributed by atoms with Crippen molar-refractivity contribution in [2.75, 3.05) is 13.1 Å². The van der Waals surface area contributed by atoms with Gasteiger partial charge in [-0.1, -0.05) is 61.0 Å². The fraction of sp³-hybridized carbons (Fsp3) is 0.714. The first-order chi connectivity index (χ1) is 18.4. The maximum atomic E-state index is 13.9. The maximum absolute atomic E-state index is 13.9. The molecule has 1 saturated heterocycles. The lowest BCUT2D eigenvalue weighted by Crippen LogP contribution is -2.62. The van der Waals surface area contributed by atoms with E-state index in [1.807, 2.05) is 6.92 Å². The van der Waals surface area contributed by atoms with Crippen LogP contribution >= 0.6 is 0 Å². The molecule has 1 heterocycles. The largest absolute Gasteiger partial charge is 0.368 e. The van der Waals surface area contributed by atoms with Gasteiger partial charge in [-0.05, 0) is 35.5 Å². The topological polar surface area (TPSA) is 180 Å². The van der Waals surface area contributed by atoms with Crippen molar-refractivity contribution in [3.05, 3.63) is 12.7 Å². The standard InChI is InChI=1S/C28H46N6O6/c1-9-11-17(19(35)24(38)30-12-10-2)31-23(37)18-16-13-15(16)14-34(18)25(39)21(28(6,7)8)33-26(40)32-20(22(29)36)27(3,4)5/h10,15-18,20-21H,2,9,11-14H2,1,3-8H3,(H2,29,36)(H,30,38)(H,31,37)(H2,32,33,40)/t15-,16-,17?,18?,20+,21+/m0/s1. The average molecular weight is 563 g/mol. The Labute approximate surface area is 236 Å². The van der Waals surface area contributed by atoms with Gasteiger partial charge in [0.15, 0.2) is 0 Å². The number of nitrogens with two attached hydrogens (primary N) is 1. The summed E-state index contributed by atoms with van der Waals surface area (Å²) in [5.74, 6) is -3.13. The minimum absolute atomic E-state index is 0.0644. The van der Waals surface area contributed by atoms with E-state index in [0.29, 0.717) is 13.0 Å². The highest BCUT2D eigenvalue weighted by Gasteiger charge is 2.58. The highest BCUT2D eigenvalue weighted by Crippen LogP contribution is 2.50. The molecule has 224 valence electrons. The Morgan fingerprint density at radius 1 is 0.975 bits per heavy atom. The van der Waals surface area contributed by atoms with Crippen LogP contribution in [-0.4, -0.2) is 77.6 Å². The van der Waals surface area contributed by atoms with E-state index in [9.17, 15) is 28.8 Å². The normalized spacial score (nSPS) is 22.2. The Balaban J connectivity index is 2.23. The smallest absolute Gasteiger partial charge is 0.316 e. The second kappa shape index (κ2) is 12.8. The van der Waals surface area contributed by atoms with E-state index in [1.165, 1.54) is 11.0 Å². The zero-order chi connectivity index (χ0) is 30.6. The van der Waals surface area contributed by atoms with Crippen LogP contribution in [0.15, 0.2) is 12.7 Å². The van der Waals surface area contributed by atoms with Crippen molar-refractivity contribution >= 4 is 35.4 Å². The number of nitrogens with one attached hydrogen (secondary N) is 4. The summed E-state index contributed by atoms with van der Waals surface area (Å²) in [5.41, 5.74) is 4.10. The molecule has 2 unspecified atom stereocenters. The second-order valence-electron chi connectivity index (χ2n) is 12.9. The summed E-state index contributed by atoms with van der Waals surface area (Å²) in [6.45, 7) is 16.4. The summed E-state index contributed by atoms with van der Waals surface area (Å²) < 4.78 is 0. The fourth-order valence-corrected chi connectivity index (χ4v) is 5.09. The first-order valence-corrected chi connectivity index (χ1v) is 13.8. The number of fused-ring (bicyclic) bond motifs is 1. The number of hydrogen-bond acceptors (Lipinski definition) is 6. The fourth-order valence-electron chi connectivity index (χ4n) is 5.09. The van der Waals surface area contributed by atoms with E-state index in [4.69, 9.17) is 5.73 Å². The molecule has 1 aliphatic heterocycles. The third kappa shape index (κ3) is 8.04. The Bertz CT molecular complexity index is 1030.